The maximum absolute atomic E-state index is 12.7. The summed E-state index contributed by atoms with van der Waals surface area (Å²) in [5.74, 6) is 0.336. The zero-order valence-electron chi connectivity index (χ0n) is 18.6. The molecule has 0 atom stereocenters. The number of rotatable bonds is 8. The molecule has 32 heavy (non-hydrogen) atoms. The Kier molecular flexibility index (Phi) is 6.54. The molecule has 0 aliphatic rings. The number of aromatic nitrogens is 3. The van der Waals surface area contributed by atoms with Crippen molar-refractivity contribution >= 4 is 32.2 Å². The Morgan fingerprint density at radius 3 is 2.59 bits per heavy atom. The molecule has 3 N–H and O–H groups in total. The van der Waals surface area contributed by atoms with Crippen molar-refractivity contribution < 1.29 is 18.3 Å². The number of fused-ring (bicyclic) bond motifs is 1. The van der Waals surface area contributed by atoms with Crippen LogP contribution in [0, 0.1) is 0 Å². The Hall–Kier alpha value is -3.02. The highest BCUT2D eigenvalue weighted by Gasteiger charge is 2.21. The van der Waals surface area contributed by atoms with Gasteiger partial charge in [0.05, 0.1) is 34.7 Å². The highest BCUT2D eigenvalue weighted by molar-refractivity contribution is 7.90. The molecule has 0 saturated carbocycles. The van der Waals surface area contributed by atoms with Crippen LogP contribution in [0.1, 0.15) is 13.8 Å². The summed E-state index contributed by atoms with van der Waals surface area (Å²) in [6.07, 6.45) is 2.52. The lowest BCUT2D eigenvalue weighted by molar-refractivity contribution is 0.111. The van der Waals surface area contributed by atoms with E-state index < -0.39 is 15.6 Å². The molecule has 0 bridgehead atoms. The lowest BCUT2D eigenvalue weighted by atomic mass is 10.1. The summed E-state index contributed by atoms with van der Waals surface area (Å²) >= 11 is 0. The molecule has 0 aliphatic carbocycles. The minimum absolute atomic E-state index is 0.0184. The zero-order valence-corrected chi connectivity index (χ0v) is 19.4. The van der Waals surface area contributed by atoms with Crippen molar-refractivity contribution in [1.82, 2.24) is 14.5 Å². The summed E-state index contributed by atoms with van der Waals surface area (Å²) in [7, 11) is -0.446. The lowest BCUT2D eigenvalue weighted by Crippen LogP contribution is -2.30. The van der Waals surface area contributed by atoms with Crippen LogP contribution in [0.15, 0.2) is 40.3 Å². The molecule has 10 nitrogen and oxygen atoms in total. The summed E-state index contributed by atoms with van der Waals surface area (Å²) in [5.41, 5.74) is 0.0942. The van der Waals surface area contributed by atoms with Crippen LogP contribution in [0.3, 0.4) is 0 Å². The van der Waals surface area contributed by atoms with Gasteiger partial charge in [-0.1, -0.05) is 6.07 Å². The van der Waals surface area contributed by atoms with Crippen molar-refractivity contribution in [2.24, 2.45) is 7.05 Å². The quantitative estimate of drug-likeness (QED) is 0.337. The van der Waals surface area contributed by atoms with Crippen LogP contribution in [0.4, 0.5) is 11.5 Å². The van der Waals surface area contributed by atoms with E-state index in [-0.39, 0.29) is 16.1 Å². The maximum atomic E-state index is 12.7. The highest BCUT2D eigenvalue weighted by atomic mass is 32.2. The molecular formula is C21H27N5O5S. The molecule has 0 amide bonds. The number of ether oxygens (including phenoxy) is 1. The number of methoxy groups -OCH3 is 1. The van der Waals surface area contributed by atoms with Crippen LogP contribution >= 0.6 is 0 Å². The Bertz CT molecular complexity index is 1310. The molecule has 2 heterocycles. The summed E-state index contributed by atoms with van der Waals surface area (Å²) in [6, 6.07) is 6.39. The molecule has 0 fully saturated rings. The summed E-state index contributed by atoms with van der Waals surface area (Å²) in [6.45, 7) is 3.86. The van der Waals surface area contributed by atoms with Crippen molar-refractivity contribution in [3.63, 3.8) is 0 Å². The Morgan fingerprint density at radius 2 is 1.97 bits per heavy atom. The second kappa shape index (κ2) is 8.85. The van der Waals surface area contributed by atoms with Gasteiger partial charge >= 0.3 is 0 Å². The van der Waals surface area contributed by atoms with Crippen LogP contribution in [-0.2, 0) is 21.6 Å². The molecule has 0 spiro atoms. The van der Waals surface area contributed by atoms with Gasteiger partial charge in [-0.25, -0.2) is 18.4 Å². The second-order valence-electron chi connectivity index (χ2n) is 8.00. The third-order valence-electron chi connectivity index (χ3n) is 4.62. The molecule has 3 aromatic rings. The minimum Gasteiger partial charge on any atom is -0.383 e. The fourth-order valence-electron chi connectivity index (χ4n) is 3.19. The van der Waals surface area contributed by atoms with Crippen molar-refractivity contribution in [1.29, 1.82) is 0 Å². The normalized spacial score (nSPS) is 12.2. The number of hydrogen-bond donors (Lipinski definition) is 3. The number of hydrogen-bond acceptors (Lipinski definition) is 9. The Balaban J connectivity index is 2.20. The predicted molar refractivity (Wildman–Crippen MR) is 124 cm³/mol. The third kappa shape index (κ3) is 5.23. The largest absolute Gasteiger partial charge is 0.383 e. The first-order valence-electron chi connectivity index (χ1n) is 9.85. The van der Waals surface area contributed by atoms with Gasteiger partial charge in [-0.3, -0.25) is 4.79 Å². The number of benzene rings is 1. The lowest BCUT2D eigenvalue weighted by Gasteiger charge is -2.23. The fourth-order valence-corrected chi connectivity index (χ4v) is 4.05. The second-order valence-corrected chi connectivity index (χ2v) is 9.98. The molecule has 11 heteroatoms. The summed E-state index contributed by atoms with van der Waals surface area (Å²) < 4.78 is 31.3. The van der Waals surface area contributed by atoms with Gasteiger partial charge in [0, 0.05) is 32.5 Å². The average molecular weight is 462 g/mol. The van der Waals surface area contributed by atoms with Gasteiger partial charge < -0.3 is 25.0 Å². The first-order valence-corrected chi connectivity index (χ1v) is 11.7. The number of anilines is 2. The molecule has 172 valence electrons. The van der Waals surface area contributed by atoms with Crippen molar-refractivity contribution in [3.8, 4) is 11.3 Å². The number of sulfone groups is 1. The first kappa shape index (κ1) is 23.6. The molecular weight excluding hydrogens is 434 g/mol. The Morgan fingerprint density at radius 1 is 1.25 bits per heavy atom. The van der Waals surface area contributed by atoms with Crippen LogP contribution in [-0.4, -0.2) is 60.3 Å². The summed E-state index contributed by atoms with van der Waals surface area (Å²) in [4.78, 5) is 21.6. The zero-order chi connectivity index (χ0) is 23.7. The number of pyridine rings is 1. The van der Waals surface area contributed by atoms with Gasteiger partial charge in [-0.05, 0) is 32.0 Å². The van der Waals surface area contributed by atoms with Gasteiger partial charge in [0.15, 0.2) is 9.84 Å². The minimum atomic E-state index is -3.62. The summed E-state index contributed by atoms with van der Waals surface area (Å²) in [5, 5.41) is 16.3. The maximum Gasteiger partial charge on any atom is 0.264 e. The van der Waals surface area contributed by atoms with E-state index in [0.29, 0.717) is 41.1 Å². The van der Waals surface area contributed by atoms with Crippen LogP contribution < -0.4 is 16.2 Å². The Labute approximate surface area is 186 Å². The molecule has 0 aliphatic heterocycles. The predicted octanol–water partition coefficient (Wildman–Crippen LogP) is 1.60. The standard InChI is InChI=1S/C21H27N5O5S/c1-21(2,28)25-14-7-6-13(10-17(14)32(5,29)30)15-11-16-18(20(27)26(3)12-23-16)19(24-15)22-8-9-31-4/h6-7,10-12,25,28H,8-9H2,1-5H3,(H,22,24). The van der Waals surface area contributed by atoms with E-state index in [1.807, 2.05) is 0 Å². The monoisotopic (exact) mass is 461 g/mol. The van der Waals surface area contributed by atoms with Crippen LogP contribution in [0.2, 0.25) is 0 Å². The number of aliphatic hydroxyl groups is 1. The molecule has 0 radical (unpaired) electrons. The van der Waals surface area contributed by atoms with E-state index in [4.69, 9.17) is 4.74 Å². The third-order valence-corrected chi connectivity index (χ3v) is 5.76. The molecule has 0 saturated heterocycles. The fraction of sp³-hybridized carbons (Fsp3) is 0.381. The molecule has 3 rings (SSSR count). The number of nitrogens with one attached hydrogen (secondary N) is 2. The number of nitrogens with zero attached hydrogens (tertiary/aromatic N) is 3. The van der Waals surface area contributed by atoms with E-state index in [1.54, 1.807) is 32.4 Å². The van der Waals surface area contributed by atoms with Crippen molar-refractivity contribution in [3.05, 3.63) is 40.9 Å². The van der Waals surface area contributed by atoms with Gasteiger partial charge in [-0.15, -0.1) is 0 Å². The SMILES string of the molecule is COCCNc1nc(-c2ccc(NC(C)(C)O)c(S(C)(=O)=O)c2)cc2ncn(C)c(=O)c12. The molecule has 2 aromatic heterocycles. The average Bonchev–Trinajstić information content (AvgIpc) is 2.69. The van der Waals surface area contributed by atoms with E-state index in [2.05, 4.69) is 20.6 Å². The van der Waals surface area contributed by atoms with E-state index in [0.717, 1.165) is 6.26 Å². The highest BCUT2D eigenvalue weighted by Crippen LogP contribution is 2.31. The topological polar surface area (TPSA) is 135 Å². The molecule has 0 unspecified atom stereocenters. The van der Waals surface area contributed by atoms with E-state index in [1.165, 1.54) is 30.8 Å². The first-order chi connectivity index (χ1) is 14.9. The van der Waals surface area contributed by atoms with Crippen molar-refractivity contribution in [2.45, 2.75) is 24.5 Å². The van der Waals surface area contributed by atoms with Gasteiger partial charge in [0.1, 0.15) is 16.9 Å². The van der Waals surface area contributed by atoms with Gasteiger partial charge in [-0.2, -0.15) is 0 Å². The van der Waals surface area contributed by atoms with Gasteiger partial charge in [0.2, 0.25) is 0 Å². The van der Waals surface area contributed by atoms with E-state index in [9.17, 15) is 18.3 Å². The number of aryl methyl sites for hydroxylation is 1. The van der Waals surface area contributed by atoms with Crippen LogP contribution in [0.5, 0.6) is 0 Å². The molecule has 1 aromatic carbocycles. The van der Waals surface area contributed by atoms with Crippen LogP contribution in [0.25, 0.3) is 22.2 Å². The smallest absolute Gasteiger partial charge is 0.264 e. The van der Waals surface area contributed by atoms with Gasteiger partial charge in [0.25, 0.3) is 5.56 Å². The van der Waals surface area contributed by atoms with E-state index >= 15 is 0 Å². The van der Waals surface area contributed by atoms with Crippen molar-refractivity contribution in [2.75, 3.05) is 37.2 Å².